The Morgan fingerprint density at radius 3 is 2.46 bits per heavy atom. The van der Waals surface area contributed by atoms with Crippen molar-refractivity contribution in [2.24, 2.45) is 0 Å². The lowest BCUT2D eigenvalue weighted by Crippen LogP contribution is -2.19. The number of rotatable bonds is 5. The molecule has 0 fully saturated rings. The van der Waals surface area contributed by atoms with Crippen LogP contribution in [-0.2, 0) is 0 Å². The number of nitrogens with zero attached hydrogens (tertiary/aromatic N) is 1. The minimum atomic E-state index is -0.405. The molecular weight excluding hydrogens is 334 g/mol. The van der Waals surface area contributed by atoms with Crippen LogP contribution < -0.4 is 24.8 Å². The predicted octanol–water partition coefficient (Wildman–Crippen LogP) is 3.90. The van der Waals surface area contributed by atoms with Gasteiger partial charge in [-0.2, -0.15) is 0 Å². The van der Waals surface area contributed by atoms with Crippen LogP contribution in [0.25, 0.3) is 10.9 Å². The van der Waals surface area contributed by atoms with Gasteiger partial charge in [0.2, 0.25) is 0 Å². The van der Waals surface area contributed by atoms with Crippen LogP contribution in [0.15, 0.2) is 48.7 Å². The van der Waals surface area contributed by atoms with Crippen LogP contribution in [-0.4, -0.2) is 32.3 Å². The monoisotopic (exact) mass is 353 g/mol. The highest BCUT2D eigenvalue weighted by atomic mass is 16.5. The third kappa shape index (κ3) is 3.61. The molecule has 0 aliphatic heterocycles. The summed E-state index contributed by atoms with van der Waals surface area (Å²) >= 11 is 0. The van der Waals surface area contributed by atoms with E-state index in [4.69, 9.17) is 14.2 Å². The Morgan fingerprint density at radius 1 is 0.923 bits per heavy atom. The summed E-state index contributed by atoms with van der Waals surface area (Å²) < 4.78 is 15.7. The summed E-state index contributed by atoms with van der Waals surface area (Å²) in [4.78, 5) is 16.7. The molecule has 26 heavy (non-hydrogen) atoms. The maximum atomic E-state index is 12.4. The number of hydrogen-bond acceptors (Lipinski definition) is 5. The lowest BCUT2D eigenvalue weighted by Gasteiger charge is -2.13. The van der Waals surface area contributed by atoms with Gasteiger partial charge in [-0.05, 0) is 24.3 Å². The second kappa shape index (κ2) is 7.60. The number of pyridine rings is 1. The zero-order chi connectivity index (χ0) is 18.5. The highest BCUT2D eigenvalue weighted by Crippen LogP contribution is 2.30. The number of benzene rings is 2. The first-order chi connectivity index (χ1) is 12.6. The Kier molecular flexibility index (Phi) is 5.07. The van der Waals surface area contributed by atoms with Crippen molar-refractivity contribution >= 4 is 28.3 Å². The Balaban J connectivity index is 1.83. The van der Waals surface area contributed by atoms with Gasteiger partial charge in [-0.15, -0.1) is 0 Å². The van der Waals surface area contributed by atoms with Gasteiger partial charge in [-0.25, -0.2) is 4.79 Å². The molecule has 0 atom stereocenters. The van der Waals surface area contributed by atoms with Crippen LogP contribution in [0.4, 0.5) is 16.2 Å². The normalized spacial score (nSPS) is 10.3. The van der Waals surface area contributed by atoms with Gasteiger partial charge in [0.15, 0.2) is 11.5 Å². The van der Waals surface area contributed by atoms with Gasteiger partial charge in [0.1, 0.15) is 5.75 Å². The average Bonchev–Trinajstić information content (AvgIpc) is 2.67. The van der Waals surface area contributed by atoms with Gasteiger partial charge < -0.3 is 24.8 Å². The average molecular weight is 353 g/mol. The Bertz CT molecular complexity index is 943. The number of hydrogen-bond donors (Lipinski definition) is 2. The number of urea groups is 1. The summed E-state index contributed by atoms with van der Waals surface area (Å²) in [5.74, 6) is 1.74. The summed E-state index contributed by atoms with van der Waals surface area (Å²) in [5.41, 5.74) is 1.80. The molecular formula is C19H19N3O4. The van der Waals surface area contributed by atoms with Crippen molar-refractivity contribution in [3.8, 4) is 17.2 Å². The van der Waals surface area contributed by atoms with Crippen LogP contribution in [0.2, 0.25) is 0 Å². The summed E-state index contributed by atoms with van der Waals surface area (Å²) in [5, 5.41) is 6.44. The fraction of sp³-hybridized carbons (Fsp3) is 0.158. The fourth-order valence-corrected chi connectivity index (χ4v) is 2.58. The third-order valence-electron chi connectivity index (χ3n) is 3.80. The molecule has 3 aromatic rings. The van der Waals surface area contributed by atoms with Crippen molar-refractivity contribution in [1.29, 1.82) is 0 Å². The van der Waals surface area contributed by atoms with E-state index in [9.17, 15) is 4.79 Å². The number of amides is 2. The van der Waals surface area contributed by atoms with Crippen LogP contribution >= 0.6 is 0 Å². The number of aromatic nitrogens is 1. The molecule has 0 aliphatic rings. The highest BCUT2D eigenvalue weighted by molar-refractivity contribution is 6.05. The first-order valence-corrected chi connectivity index (χ1v) is 7.87. The predicted molar refractivity (Wildman–Crippen MR) is 100 cm³/mol. The molecule has 7 heteroatoms. The second-order valence-corrected chi connectivity index (χ2v) is 5.40. The molecule has 1 aromatic heterocycles. The standard InChI is InChI=1S/C19H19N3O4/c1-24-14-9-12-5-4-8-20-18(12)15(11-14)22-19(23)21-13-6-7-16(25-2)17(10-13)26-3/h4-11H,1-3H3,(H2,21,22,23). The topological polar surface area (TPSA) is 81.7 Å². The first kappa shape index (κ1) is 17.3. The number of fused-ring (bicyclic) bond motifs is 1. The smallest absolute Gasteiger partial charge is 0.323 e. The molecule has 0 radical (unpaired) electrons. The Labute approximate surface area is 150 Å². The van der Waals surface area contributed by atoms with Crippen LogP contribution in [0.1, 0.15) is 0 Å². The quantitative estimate of drug-likeness (QED) is 0.727. The van der Waals surface area contributed by atoms with Crippen LogP contribution in [0.5, 0.6) is 17.2 Å². The van der Waals surface area contributed by atoms with Crippen molar-refractivity contribution in [2.45, 2.75) is 0 Å². The molecule has 3 rings (SSSR count). The van der Waals surface area contributed by atoms with Crippen LogP contribution in [0.3, 0.4) is 0 Å². The van der Waals surface area contributed by atoms with E-state index in [1.165, 1.54) is 7.11 Å². The van der Waals surface area contributed by atoms with Gasteiger partial charge in [-0.3, -0.25) is 4.98 Å². The molecule has 134 valence electrons. The molecule has 2 amide bonds. The summed E-state index contributed by atoms with van der Waals surface area (Å²) in [7, 11) is 4.67. The second-order valence-electron chi connectivity index (χ2n) is 5.40. The van der Waals surface area contributed by atoms with Crippen molar-refractivity contribution in [3.63, 3.8) is 0 Å². The molecule has 0 saturated heterocycles. The molecule has 0 aliphatic carbocycles. The molecule has 2 N–H and O–H groups in total. The van der Waals surface area contributed by atoms with E-state index in [0.717, 1.165) is 5.39 Å². The van der Waals surface area contributed by atoms with Gasteiger partial charge >= 0.3 is 6.03 Å². The number of carbonyl (C=O) groups is 1. The zero-order valence-corrected chi connectivity index (χ0v) is 14.7. The van der Waals surface area contributed by atoms with E-state index >= 15 is 0 Å². The molecule has 7 nitrogen and oxygen atoms in total. The molecule has 0 unspecified atom stereocenters. The van der Waals surface area contributed by atoms with E-state index in [2.05, 4.69) is 15.6 Å². The summed E-state index contributed by atoms with van der Waals surface area (Å²) in [6.07, 6.45) is 1.67. The van der Waals surface area contributed by atoms with Crippen molar-refractivity contribution in [2.75, 3.05) is 32.0 Å². The van der Waals surface area contributed by atoms with Crippen molar-refractivity contribution < 1.29 is 19.0 Å². The van der Waals surface area contributed by atoms with E-state index < -0.39 is 6.03 Å². The minimum absolute atomic E-state index is 0.405. The highest BCUT2D eigenvalue weighted by Gasteiger charge is 2.11. The van der Waals surface area contributed by atoms with E-state index in [-0.39, 0.29) is 0 Å². The largest absolute Gasteiger partial charge is 0.497 e. The van der Waals surface area contributed by atoms with E-state index in [1.54, 1.807) is 44.7 Å². The molecule has 2 aromatic carbocycles. The number of nitrogens with one attached hydrogen (secondary N) is 2. The lowest BCUT2D eigenvalue weighted by atomic mass is 10.2. The number of methoxy groups -OCH3 is 3. The summed E-state index contributed by atoms with van der Waals surface area (Å²) in [6.45, 7) is 0. The zero-order valence-electron chi connectivity index (χ0n) is 14.7. The lowest BCUT2D eigenvalue weighted by molar-refractivity contribution is 0.262. The van der Waals surface area contributed by atoms with Gasteiger partial charge in [0.05, 0.1) is 32.5 Å². The third-order valence-corrected chi connectivity index (χ3v) is 3.80. The van der Waals surface area contributed by atoms with Crippen LogP contribution in [0, 0.1) is 0 Å². The number of anilines is 2. The molecule has 1 heterocycles. The van der Waals surface area contributed by atoms with Gasteiger partial charge in [0, 0.05) is 29.4 Å². The number of carbonyl (C=O) groups excluding carboxylic acids is 1. The minimum Gasteiger partial charge on any atom is -0.497 e. The molecule has 0 saturated carbocycles. The molecule has 0 spiro atoms. The van der Waals surface area contributed by atoms with Crippen molar-refractivity contribution in [3.05, 3.63) is 48.7 Å². The fourth-order valence-electron chi connectivity index (χ4n) is 2.58. The summed E-state index contributed by atoms with van der Waals surface area (Å²) in [6, 6.07) is 12.0. The maximum Gasteiger partial charge on any atom is 0.323 e. The van der Waals surface area contributed by atoms with E-state index in [1.807, 2.05) is 18.2 Å². The van der Waals surface area contributed by atoms with Gasteiger partial charge in [-0.1, -0.05) is 6.07 Å². The maximum absolute atomic E-state index is 12.4. The SMILES string of the molecule is COc1cc(NC(=O)Nc2ccc(OC)c(OC)c2)c2ncccc2c1. The molecule has 0 bridgehead atoms. The van der Waals surface area contributed by atoms with Crippen molar-refractivity contribution in [1.82, 2.24) is 4.98 Å². The first-order valence-electron chi connectivity index (χ1n) is 7.87. The van der Waals surface area contributed by atoms with E-state index in [0.29, 0.717) is 34.1 Å². The Hall–Kier alpha value is -3.48. The Morgan fingerprint density at radius 2 is 1.73 bits per heavy atom. The van der Waals surface area contributed by atoms with Gasteiger partial charge in [0.25, 0.3) is 0 Å². The number of ether oxygens (including phenoxy) is 3.